The van der Waals surface area contributed by atoms with Crippen LogP contribution in [0.25, 0.3) is 0 Å². The fourth-order valence-electron chi connectivity index (χ4n) is 5.97. The zero-order valence-electron chi connectivity index (χ0n) is 25.2. The first-order valence-corrected chi connectivity index (χ1v) is 17.3. The molecule has 2 heterocycles. The molecule has 5 rings (SSSR count). The summed E-state index contributed by atoms with van der Waals surface area (Å²) in [5.41, 5.74) is 3.23. The summed E-state index contributed by atoms with van der Waals surface area (Å²) in [6.07, 6.45) is 5.77. The van der Waals surface area contributed by atoms with E-state index in [1.165, 1.54) is 35.4 Å². The monoisotopic (exact) mass is 604 g/mol. The number of anilines is 1. The molecule has 0 aromatic heterocycles. The fourth-order valence-corrected chi connectivity index (χ4v) is 6.97. The predicted molar refractivity (Wildman–Crippen MR) is 172 cm³/mol. The number of sulfonamides is 1. The maximum atomic E-state index is 14.0. The molecule has 1 saturated heterocycles. The van der Waals surface area contributed by atoms with Gasteiger partial charge < -0.3 is 9.64 Å². The number of likely N-dealkylation sites (tertiary alicyclic amines) is 1. The predicted octanol–water partition coefficient (Wildman–Crippen LogP) is 4.87. The Balaban J connectivity index is 1.34. The summed E-state index contributed by atoms with van der Waals surface area (Å²) in [5.74, 6) is 0.675. The number of carbonyl (C=O) groups is 1. The van der Waals surface area contributed by atoms with Crippen LogP contribution in [0.1, 0.15) is 47.2 Å². The van der Waals surface area contributed by atoms with Gasteiger partial charge in [0.2, 0.25) is 10.0 Å². The van der Waals surface area contributed by atoms with Gasteiger partial charge in [0.1, 0.15) is 12.4 Å². The summed E-state index contributed by atoms with van der Waals surface area (Å²) >= 11 is 0. The van der Waals surface area contributed by atoms with Crippen molar-refractivity contribution in [2.75, 3.05) is 63.0 Å². The van der Waals surface area contributed by atoms with Gasteiger partial charge in [0.05, 0.1) is 11.9 Å². The minimum Gasteiger partial charge on any atom is -0.492 e. The first-order chi connectivity index (χ1) is 20.9. The highest BCUT2D eigenvalue weighted by molar-refractivity contribution is 7.92. The number of rotatable bonds is 8. The van der Waals surface area contributed by atoms with Crippen LogP contribution in [0.5, 0.6) is 5.75 Å². The molecule has 3 aromatic carbocycles. The van der Waals surface area contributed by atoms with E-state index in [0.29, 0.717) is 57.0 Å². The molecule has 2 aliphatic rings. The second-order valence-corrected chi connectivity index (χ2v) is 13.5. The molecule has 1 fully saturated rings. The summed E-state index contributed by atoms with van der Waals surface area (Å²) in [6, 6.07) is 25.2. The summed E-state index contributed by atoms with van der Waals surface area (Å²) in [7, 11) is -3.51. The molecule has 230 valence electrons. The van der Waals surface area contributed by atoms with Crippen molar-refractivity contribution in [2.24, 2.45) is 0 Å². The number of ether oxygens (including phenoxy) is 1. The smallest absolute Gasteiger partial charge is 0.254 e. The number of amides is 1. The summed E-state index contributed by atoms with van der Waals surface area (Å²) in [5, 5.41) is 0. The summed E-state index contributed by atoms with van der Waals surface area (Å²) in [6.45, 7) is 7.17. The molecule has 3 aromatic rings. The number of hydrogen-bond acceptors (Lipinski definition) is 6. The molecule has 9 heteroatoms. The number of hydrogen-bond donors (Lipinski definition) is 0. The minimum atomic E-state index is -3.51. The van der Waals surface area contributed by atoms with Crippen molar-refractivity contribution in [3.63, 3.8) is 0 Å². The highest BCUT2D eigenvalue weighted by atomic mass is 32.2. The lowest BCUT2D eigenvalue weighted by Gasteiger charge is -2.28. The average molecular weight is 605 g/mol. The zero-order chi connectivity index (χ0) is 30.1. The number of fused-ring (bicyclic) bond motifs is 1. The van der Waals surface area contributed by atoms with Crippen molar-refractivity contribution in [3.8, 4) is 5.75 Å². The fraction of sp³-hybridized carbons (Fsp3) is 0.441. The van der Waals surface area contributed by atoms with Gasteiger partial charge in [-0.15, -0.1) is 0 Å². The van der Waals surface area contributed by atoms with E-state index in [1.54, 1.807) is 0 Å². The Bertz CT molecular complexity index is 1430. The Morgan fingerprint density at radius 1 is 0.744 bits per heavy atom. The van der Waals surface area contributed by atoms with E-state index in [4.69, 9.17) is 4.74 Å². The van der Waals surface area contributed by atoms with Gasteiger partial charge in [-0.1, -0.05) is 55.0 Å². The van der Waals surface area contributed by atoms with Gasteiger partial charge in [-0.25, -0.2) is 8.42 Å². The average Bonchev–Trinajstić information content (AvgIpc) is 3.05. The Morgan fingerprint density at radius 2 is 1.44 bits per heavy atom. The second kappa shape index (κ2) is 14.9. The molecular weight excluding hydrogens is 560 g/mol. The summed E-state index contributed by atoms with van der Waals surface area (Å²) in [4.78, 5) is 20.6. The van der Waals surface area contributed by atoms with E-state index in [0.717, 1.165) is 37.5 Å². The Morgan fingerprint density at radius 3 is 2.19 bits per heavy atom. The molecule has 2 aliphatic heterocycles. The third-order valence-electron chi connectivity index (χ3n) is 8.31. The molecule has 0 radical (unpaired) electrons. The van der Waals surface area contributed by atoms with E-state index in [2.05, 4.69) is 21.9 Å². The first-order valence-electron chi connectivity index (χ1n) is 15.4. The molecule has 8 nitrogen and oxygen atoms in total. The molecule has 0 aliphatic carbocycles. The third kappa shape index (κ3) is 8.81. The van der Waals surface area contributed by atoms with Crippen LogP contribution in [0, 0.1) is 0 Å². The van der Waals surface area contributed by atoms with Crippen LogP contribution in [0.3, 0.4) is 0 Å². The molecule has 0 bridgehead atoms. The van der Waals surface area contributed by atoms with Crippen LogP contribution >= 0.6 is 0 Å². The van der Waals surface area contributed by atoms with E-state index in [9.17, 15) is 13.2 Å². The number of nitrogens with zero attached hydrogens (tertiary/aromatic N) is 4. The standard InChI is InChI=1S/C34H44N4O4S/c1-43(40,41)38-22-10-21-36(27-29-11-4-2-5-12-29)23-24-37(28-31-13-6-7-14-33(31)38)34(39)30-15-17-32(18-16-30)42-26-25-35-19-8-3-9-20-35/h2,4-7,11-18H,3,8-10,19-28H2,1H3. The molecule has 0 atom stereocenters. The Kier molecular flexibility index (Phi) is 10.7. The number of para-hydroxylation sites is 1. The van der Waals surface area contributed by atoms with E-state index >= 15 is 0 Å². The lowest BCUT2D eigenvalue weighted by molar-refractivity contribution is 0.0720. The van der Waals surface area contributed by atoms with Gasteiger partial charge >= 0.3 is 0 Å². The molecule has 0 spiro atoms. The maximum Gasteiger partial charge on any atom is 0.254 e. The highest BCUT2D eigenvalue weighted by Gasteiger charge is 2.25. The number of piperidine rings is 1. The quantitative estimate of drug-likeness (QED) is 0.366. The van der Waals surface area contributed by atoms with Gasteiger partial charge in [0.15, 0.2) is 0 Å². The van der Waals surface area contributed by atoms with Gasteiger partial charge in [-0.3, -0.25) is 18.9 Å². The lowest BCUT2D eigenvalue weighted by Crippen LogP contribution is -2.38. The van der Waals surface area contributed by atoms with Crippen LogP contribution in [0.4, 0.5) is 5.69 Å². The molecular formula is C34H44N4O4S. The van der Waals surface area contributed by atoms with Gasteiger partial charge in [-0.2, -0.15) is 0 Å². The Labute approximate surface area is 256 Å². The van der Waals surface area contributed by atoms with Crippen LogP contribution < -0.4 is 9.04 Å². The minimum absolute atomic E-state index is 0.0838. The summed E-state index contributed by atoms with van der Waals surface area (Å²) < 4.78 is 33.3. The van der Waals surface area contributed by atoms with Crippen molar-refractivity contribution in [3.05, 3.63) is 95.6 Å². The molecule has 0 saturated carbocycles. The number of carbonyl (C=O) groups excluding carboxylic acids is 1. The van der Waals surface area contributed by atoms with Crippen molar-refractivity contribution in [1.82, 2.24) is 14.7 Å². The van der Waals surface area contributed by atoms with E-state index in [-0.39, 0.29) is 5.91 Å². The highest BCUT2D eigenvalue weighted by Crippen LogP contribution is 2.26. The lowest BCUT2D eigenvalue weighted by atomic mass is 10.1. The van der Waals surface area contributed by atoms with Crippen molar-refractivity contribution < 1.29 is 17.9 Å². The van der Waals surface area contributed by atoms with Gasteiger partial charge in [0.25, 0.3) is 5.91 Å². The maximum absolute atomic E-state index is 14.0. The van der Waals surface area contributed by atoms with Gasteiger partial charge in [0, 0.05) is 51.4 Å². The second-order valence-electron chi connectivity index (χ2n) is 11.6. The molecule has 1 amide bonds. The largest absolute Gasteiger partial charge is 0.492 e. The normalized spacial score (nSPS) is 17.6. The molecule has 0 unspecified atom stereocenters. The van der Waals surface area contributed by atoms with Crippen LogP contribution in [0.2, 0.25) is 0 Å². The molecule has 43 heavy (non-hydrogen) atoms. The van der Waals surface area contributed by atoms with Crippen LogP contribution in [-0.2, 0) is 23.1 Å². The third-order valence-corrected chi connectivity index (χ3v) is 9.49. The molecule has 0 N–H and O–H groups in total. The van der Waals surface area contributed by atoms with E-state index < -0.39 is 10.0 Å². The van der Waals surface area contributed by atoms with Crippen molar-refractivity contribution >= 4 is 21.6 Å². The number of benzene rings is 3. The van der Waals surface area contributed by atoms with Gasteiger partial charge in [-0.05, 0) is 73.8 Å². The van der Waals surface area contributed by atoms with Crippen molar-refractivity contribution in [1.29, 1.82) is 0 Å². The van der Waals surface area contributed by atoms with E-state index in [1.807, 2.05) is 71.6 Å². The van der Waals surface area contributed by atoms with Crippen LogP contribution in [-0.4, -0.2) is 87.7 Å². The Hall–Kier alpha value is -3.40. The van der Waals surface area contributed by atoms with Crippen molar-refractivity contribution in [2.45, 2.75) is 38.8 Å². The zero-order valence-corrected chi connectivity index (χ0v) is 26.1. The first kappa shape index (κ1) is 31.0. The SMILES string of the molecule is CS(=O)(=O)N1CCCN(Cc2ccccc2)CCN(C(=O)c2ccc(OCCN3CCCCC3)cc2)Cc2ccccc21. The van der Waals surface area contributed by atoms with Crippen LogP contribution in [0.15, 0.2) is 78.9 Å². The topological polar surface area (TPSA) is 73.4 Å².